The molecule has 16 heteroatoms. The lowest BCUT2D eigenvalue weighted by Crippen LogP contribution is -2.60. The second-order valence-corrected chi connectivity index (χ2v) is 18.9. The molecular weight excluding hydrogens is 737 g/mol. The Labute approximate surface area is 298 Å². The number of nitrogens with one attached hydrogen (secondary N) is 1. The van der Waals surface area contributed by atoms with Crippen molar-refractivity contribution in [2.24, 2.45) is 5.92 Å². The maximum absolute atomic E-state index is 16.2. The molecule has 1 spiro atoms. The number of fused-ring (bicyclic) bond motifs is 2. The molecule has 6 rings (SSSR count). The number of benzene rings is 2. The van der Waals surface area contributed by atoms with E-state index >= 15 is 4.11 Å². The fraction of sp³-hybridized carbons (Fsp3) is 0.559. The molecule has 50 heavy (non-hydrogen) atoms. The van der Waals surface area contributed by atoms with Crippen LogP contribution in [0.3, 0.4) is 0 Å². The molecule has 4 heterocycles. The third kappa shape index (κ3) is 6.43. The number of aliphatic hydroxyl groups excluding tert-OH is 5. The lowest BCUT2D eigenvalue weighted by molar-refractivity contribution is -0.274. The molecule has 3 saturated heterocycles. The minimum Gasteiger partial charge on any atom is -0.394 e. The summed E-state index contributed by atoms with van der Waals surface area (Å²) in [5.41, 5.74) is -0.0432. The van der Waals surface area contributed by atoms with Crippen LogP contribution in [0.15, 0.2) is 46.9 Å². The third-order valence-corrected chi connectivity index (χ3v) is 13.6. The summed E-state index contributed by atoms with van der Waals surface area (Å²) in [5.74, 6) is -2.04. The average molecular weight is 781 g/mol. The number of nitrogens with zero attached hydrogens (tertiary/aromatic N) is 2. The fourth-order valence-electron chi connectivity index (χ4n) is 8.19. The number of aliphatic hydroxyl groups is 5. The number of likely N-dealkylation sites (tertiary alicyclic amines) is 1. The van der Waals surface area contributed by atoms with Gasteiger partial charge in [0.1, 0.15) is 18.3 Å². The van der Waals surface area contributed by atoms with Gasteiger partial charge >= 0.3 is 0 Å². The third-order valence-electron chi connectivity index (χ3n) is 10.6. The molecule has 6 N–H and O–H groups in total. The maximum Gasteiger partial charge on any atom is 0.264 e. The van der Waals surface area contributed by atoms with E-state index in [-0.39, 0.29) is 37.4 Å². The van der Waals surface area contributed by atoms with E-state index in [1.54, 1.807) is 59.3 Å². The highest BCUT2D eigenvalue weighted by Gasteiger charge is 2.67. The van der Waals surface area contributed by atoms with Gasteiger partial charge in [0.05, 0.1) is 37.4 Å². The average Bonchev–Trinajstić information content (AvgIpc) is 3.73. The Hall–Kier alpha value is -2.80. The molecule has 13 nitrogen and oxygen atoms in total. The first-order chi connectivity index (χ1) is 23.6. The van der Waals surface area contributed by atoms with E-state index in [2.05, 4.69) is 21.2 Å². The molecule has 272 valence electrons. The number of rotatable bonds is 8. The molecule has 2 aromatic rings. The molecule has 4 aliphatic rings. The lowest BCUT2D eigenvalue weighted by atomic mass is 9.82. The second kappa shape index (κ2) is 14.0. The Morgan fingerprint density at radius 3 is 2.44 bits per heavy atom. The zero-order chi connectivity index (χ0) is 36.3. The van der Waals surface area contributed by atoms with Gasteiger partial charge in [-0.05, 0) is 61.8 Å². The highest BCUT2D eigenvalue weighted by molar-refractivity contribution is 9.10. The number of hydrogen-bond donors (Lipinski definition) is 6. The zero-order valence-electron chi connectivity index (χ0n) is 27.9. The van der Waals surface area contributed by atoms with Crippen LogP contribution in [0.4, 0.5) is 15.5 Å². The predicted octanol–water partition coefficient (Wildman–Crippen LogP) is 1.88. The summed E-state index contributed by atoms with van der Waals surface area (Å²) in [5, 5.41) is 52.0. The van der Waals surface area contributed by atoms with Crippen LogP contribution < -0.4 is 10.2 Å². The van der Waals surface area contributed by atoms with E-state index in [0.29, 0.717) is 39.9 Å². The van der Waals surface area contributed by atoms with Gasteiger partial charge in [-0.2, -0.15) is 0 Å². The zero-order valence-corrected chi connectivity index (χ0v) is 30.5. The number of hydrogen-bond acceptors (Lipinski definition) is 10. The van der Waals surface area contributed by atoms with Gasteiger partial charge in [-0.3, -0.25) is 14.4 Å². The largest absolute Gasteiger partial charge is 0.394 e. The maximum atomic E-state index is 16.2. The first-order valence-electron chi connectivity index (χ1n) is 16.7. The van der Waals surface area contributed by atoms with Crippen molar-refractivity contribution in [1.29, 1.82) is 0 Å². The van der Waals surface area contributed by atoms with Crippen LogP contribution in [-0.2, 0) is 36.0 Å². The van der Waals surface area contributed by atoms with Gasteiger partial charge in [-0.15, -0.1) is 0 Å². The van der Waals surface area contributed by atoms with Crippen LogP contribution in [0.1, 0.15) is 37.3 Å². The summed E-state index contributed by atoms with van der Waals surface area (Å²) in [4.78, 5) is 44.2. The molecule has 3 fully saturated rings. The van der Waals surface area contributed by atoms with Gasteiger partial charge in [0.15, 0.2) is 18.0 Å². The van der Waals surface area contributed by atoms with Crippen molar-refractivity contribution < 1.29 is 53.5 Å². The molecule has 0 aromatic heterocycles. The van der Waals surface area contributed by atoms with Gasteiger partial charge in [0.2, 0.25) is 14.3 Å². The topological polar surface area (TPSA) is 189 Å². The van der Waals surface area contributed by atoms with E-state index in [0.717, 1.165) is 6.42 Å². The minimum atomic E-state index is -3.51. The normalized spacial score (nSPS) is 34.0. The van der Waals surface area contributed by atoms with Crippen LogP contribution >= 0.6 is 15.9 Å². The SMILES string of the molecule is C[C@@H]1[C@@H]([Si](C)(C)F)[C@H](CC(=O)N2CCC[C@H]2CO)O[C@@]12C(=O)N(Cc1ccc(NC(=O)[C@H]3O[C@@H](O)[C@H](O)[C@@H](O)[C@@H]3O)cc1)c1ccc(Br)cc12. The summed E-state index contributed by atoms with van der Waals surface area (Å²) in [6.07, 6.45) is -8.32. The molecular formula is C34H43BrFN3O10Si. The first kappa shape index (κ1) is 37.0. The molecule has 0 bridgehead atoms. The van der Waals surface area contributed by atoms with Crippen LogP contribution in [0.25, 0.3) is 0 Å². The van der Waals surface area contributed by atoms with Gasteiger partial charge < -0.3 is 54.2 Å². The summed E-state index contributed by atoms with van der Waals surface area (Å²) in [6.45, 7) is 5.45. The van der Waals surface area contributed by atoms with Crippen molar-refractivity contribution >= 4 is 53.4 Å². The number of halogens is 2. The van der Waals surface area contributed by atoms with E-state index in [4.69, 9.17) is 9.47 Å². The molecule has 0 radical (unpaired) electrons. The number of carbonyl (C=O) groups excluding carboxylic acids is 3. The Balaban J connectivity index is 1.24. The number of ether oxygens (including phenoxy) is 2. The number of carbonyl (C=O) groups is 3. The molecule has 4 aliphatic heterocycles. The van der Waals surface area contributed by atoms with Gasteiger partial charge in [-0.25, -0.2) is 0 Å². The first-order valence-corrected chi connectivity index (χ1v) is 20.5. The lowest BCUT2D eigenvalue weighted by Gasteiger charge is -2.37. The number of anilines is 2. The molecule has 0 unspecified atom stereocenters. The predicted molar refractivity (Wildman–Crippen MR) is 184 cm³/mol. The van der Waals surface area contributed by atoms with Crippen LogP contribution in [0, 0.1) is 5.92 Å². The quantitative estimate of drug-likeness (QED) is 0.171. The molecule has 0 saturated carbocycles. The highest BCUT2D eigenvalue weighted by atomic mass is 79.9. The van der Waals surface area contributed by atoms with Crippen LogP contribution in [-0.4, -0.2) is 113 Å². The van der Waals surface area contributed by atoms with E-state index < -0.39 is 68.2 Å². The van der Waals surface area contributed by atoms with Gasteiger partial charge in [-0.1, -0.05) is 35.0 Å². The van der Waals surface area contributed by atoms with Crippen LogP contribution in [0.2, 0.25) is 18.6 Å². The molecule has 0 aliphatic carbocycles. The summed E-state index contributed by atoms with van der Waals surface area (Å²) >= 11 is 3.53. The molecule has 10 atom stereocenters. The van der Waals surface area contributed by atoms with Crippen molar-refractivity contribution in [3.8, 4) is 0 Å². The van der Waals surface area contributed by atoms with Crippen molar-refractivity contribution in [3.05, 3.63) is 58.1 Å². The van der Waals surface area contributed by atoms with Crippen molar-refractivity contribution in [2.75, 3.05) is 23.4 Å². The highest BCUT2D eigenvalue weighted by Crippen LogP contribution is 2.60. The van der Waals surface area contributed by atoms with Crippen molar-refractivity contribution in [1.82, 2.24) is 4.90 Å². The minimum absolute atomic E-state index is 0.0984. The van der Waals surface area contributed by atoms with Crippen molar-refractivity contribution in [2.45, 2.75) is 99.8 Å². The second-order valence-electron chi connectivity index (χ2n) is 14.2. The molecule has 2 aromatic carbocycles. The van der Waals surface area contributed by atoms with Crippen molar-refractivity contribution in [3.63, 3.8) is 0 Å². The van der Waals surface area contributed by atoms with E-state index in [9.17, 15) is 39.9 Å². The Morgan fingerprint density at radius 1 is 1.08 bits per heavy atom. The monoisotopic (exact) mass is 779 g/mol. The fourth-order valence-corrected chi connectivity index (χ4v) is 11.0. The standard InChI is InChI=1S/C34H43BrFN3O10Si/c1-17-30(50(2,3)36)24(14-25(41)38-12-4-5-21(38)16-40)49-34(17)22-13-19(35)8-11-23(22)39(33(34)47)15-18-6-9-20(10-7-18)37-31(45)29-27(43)26(42)28(44)32(46)48-29/h6-11,13,17,21,24,26-30,32,40,42-44,46H,4-5,12,14-16H2,1-3H3,(H,37,45)/t17-,21+,24+,26+,27+,28-,29+,30-,32-,34+/m1/s1. The smallest absolute Gasteiger partial charge is 0.264 e. The van der Waals surface area contributed by atoms with E-state index in [1.165, 1.54) is 0 Å². The van der Waals surface area contributed by atoms with E-state index in [1.807, 2.05) is 13.0 Å². The van der Waals surface area contributed by atoms with Crippen LogP contribution in [0.5, 0.6) is 0 Å². The van der Waals surface area contributed by atoms with Gasteiger partial charge in [0, 0.05) is 33.7 Å². The van der Waals surface area contributed by atoms with Gasteiger partial charge in [0.25, 0.3) is 11.8 Å². The Kier molecular flexibility index (Phi) is 10.3. The summed E-state index contributed by atoms with van der Waals surface area (Å²) < 4.78 is 28.6. The Morgan fingerprint density at radius 2 is 1.78 bits per heavy atom. The Bertz CT molecular complexity index is 1630. The number of amides is 3. The summed E-state index contributed by atoms with van der Waals surface area (Å²) in [7, 11) is -3.51. The molecule has 3 amide bonds. The summed E-state index contributed by atoms with van der Waals surface area (Å²) in [6, 6.07) is 11.7.